The van der Waals surface area contributed by atoms with E-state index >= 15 is 0 Å². The molecule has 1 saturated carbocycles. The molecule has 8 nitrogen and oxygen atoms in total. The van der Waals surface area contributed by atoms with E-state index in [1.54, 1.807) is 38.1 Å². The van der Waals surface area contributed by atoms with Gasteiger partial charge in [0.25, 0.3) is 0 Å². The van der Waals surface area contributed by atoms with Gasteiger partial charge in [-0.05, 0) is 81.6 Å². The maximum atomic E-state index is 12.7. The molecular weight excluding hydrogens is 440 g/mol. The van der Waals surface area contributed by atoms with Crippen molar-refractivity contribution >= 4 is 23.9 Å². The Balaban J connectivity index is 1.53. The topological polar surface area (TPSA) is 105 Å². The number of benzene rings is 2. The molecule has 3 rings (SSSR count). The van der Waals surface area contributed by atoms with Crippen LogP contribution in [0, 0.1) is 11.8 Å². The third-order valence-corrected chi connectivity index (χ3v) is 5.51. The summed E-state index contributed by atoms with van der Waals surface area (Å²) < 4.78 is 20.8. The number of hydrogen-bond acceptors (Lipinski definition) is 8. The third kappa shape index (κ3) is 6.66. The first kappa shape index (κ1) is 25.0. The van der Waals surface area contributed by atoms with Gasteiger partial charge in [-0.1, -0.05) is 6.42 Å². The lowest BCUT2D eigenvalue weighted by molar-refractivity contribution is -0.144. The van der Waals surface area contributed by atoms with Gasteiger partial charge in [-0.25, -0.2) is 9.59 Å². The van der Waals surface area contributed by atoms with Crippen LogP contribution in [0.25, 0.3) is 0 Å². The number of carbonyl (C=O) groups excluding carboxylic acids is 4. The lowest BCUT2D eigenvalue weighted by Crippen LogP contribution is -2.32. The van der Waals surface area contributed by atoms with Crippen molar-refractivity contribution in [1.82, 2.24) is 0 Å². The summed E-state index contributed by atoms with van der Waals surface area (Å²) in [5.41, 5.74) is 0.745. The van der Waals surface area contributed by atoms with Crippen molar-refractivity contribution in [3.05, 3.63) is 59.7 Å². The molecule has 0 saturated heterocycles. The van der Waals surface area contributed by atoms with E-state index in [1.807, 2.05) is 0 Å². The Morgan fingerprint density at radius 2 is 1.06 bits per heavy atom. The van der Waals surface area contributed by atoms with Crippen LogP contribution in [0.3, 0.4) is 0 Å². The highest BCUT2D eigenvalue weighted by atomic mass is 16.5. The molecule has 0 amide bonds. The SMILES string of the molecule is CCOC(=O)c1ccc(OC(=O)C2CCCC(C(=O)Oc3ccc(C(=O)OCC)cc3)C2)cc1. The lowest BCUT2D eigenvalue weighted by atomic mass is 9.81. The van der Waals surface area contributed by atoms with Crippen LogP contribution < -0.4 is 9.47 Å². The Hall–Kier alpha value is -3.68. The van der Waals surface area contributed by atoms with Gasteiger partial charge in [-0.15, -0.1) is 0 Å². The van der Waals surface area contributed by atoms with Crippen molar-refractivity contribution in [3.63, 3.8) is 0 Å². The summed E-state index contributed by atoms with van der Waals surface area (Å²) in [6.07, 6.45) is 2.28. The molecule has 0 aliphatic heterocycles. The Bertz CT molecular complexity index is 929. The number of hydrogen-bond donors (Lipinski definition) is 0. The quantitative estimate of drug-likeness (QED) is 0.416. The van der Waals surface area contributed by atoms with Gasteiger partial charge in [-0.2, -0.15) is 0 Å². The minimum Gasteiger partial charge on any atom is -0.462 e. The molecule has 0 radical (unpaired) electrons. The highest BCUT2D eigenvalue weighted by molar-refractivity contribution is 5.90. The molecule has 1 fully saturated rings. The average molecular weight is 469 g/mol. The fourth-order valence-corrected chi connectivity index (χ4v) is 3.76. The van der Waals surface area contributed by atoms with Crippen LogP contribution in [0.4, 0.5) is 0 Å². The van der Waals surface area contributed by atoms with Gasteiger partial charge in [-0.3, -0.25) is 9.59 Å². The van der Waals surface area contributed by atoms with E-state index in [0.29, 0.717) is 48.3 Å². The van der Waals surface area contributed by atoms with Crippen LogP contribution in [0.5, 0.6) is 11.5 Å². The first-order valence-corrected chi connectivity index (χ1v) is 11.4. The zero-order valence-electron chi connectivity index (χ0n) is 19.3. The second-order valence-electron chi connectivity index (χ2n) is 7.89. The Kier molecular flexibility index (Phi) is 8.79. The van der Waals surface area contributed by atoms with E-state index < -0.39 is 35.7 Å². The first-order chi connectivity index (χ1) is 16.4. The van der Waals surface area contributed by atoms with E-state index in [1.165, 1.54) is 24.3 Å². The molecule has 2 aromatic carbocycles. The van der Waals surface area contributed by atoms with Gasteiger partial charge in [0.1, 0.15) is 11.5 Å². The lowest BCUT2D eigenvalue weighted by Gasteiger charge is -2.26. The zero-order chi connectivity index (χ0) is 24.5. The standard InChI is InChI=1S/C26H28O8/c1-3-31-23(27)17-8-12-21(13-9-17)33-25(29)19-6-5-7-20(16-19)26(30)34-22-14-10-18(11-15-22)24(28)32-4-2/h8-15,19-20H,3-7,16H2,1-2H3. The number of rotatable bonds is 8. The Morgan fingerprint density at radius 3 is 1.41 bits per heavy atom. The zero-order valence-corrected chi connectivity index (χ0v) is 19.3. The van der Waals surface area contributed by atoms with E-state index in [-0.39, 0.29) is 13.2 Å². The number of carbonyl (C=O) groups is 4. The molecule has 2 aromatic rings. The largest absolute Gasteiger partial charge is 0.462 e. The van der Waals surface area contributed by atoms with Crippen LogP contribution in [0.15, 0.2) is 48.5 Å². The summed E-state index contributed by atoms with van der Waals surface area (Å²) >= 11 is 0. The number of ether oxygens (including phenoxy) is 4. The molecule has 0 spiro atoms. The summed E-state index contributed by atoms with van der Waals surface area (Å²) in [5.74, 6) is -1.92. The summed E-state index contributed by atoms with van der Waals surface area (Å²) in [7, 11) is 0. The fourth-order valence-electron chi connectivity index (χ4n) is 3.76. The minimum atomic E-state index is -0.440. The Morgan fingerprint density at radius 1 is 0.676 bits per heavy atom. The van der Waals surface area contributed by atoms with Gasteiger partial charge in [0.05, 0.1) is 36.2 Å². The van der Waals surface area contributed by atoms with Gasteiger partial charge < -0.3 is 18.9 Å². The third-order valence-electron chi connectivity index (χ3n) is 5.51. The molecule has 180 valence electrons. The fraction of sp³-hybridized carbons (Fsp3) is 0.385. The summed E-state index contributed by atoms with van der Waals surface area (Å²) in [6, 6.07) is 12.3. The van der Waals surface area contributed by atoms with Crippen LogP contribution >= 0.6 is 0 Å². The molecule has 1 aliphatic rings. The maximum absolute atomic E-state index is 12.7. The summed E-state index contributed by atoms with van der Waals surface area (Å²) in [5, 5.41) is 0. The van der Waals surface area contributed by atoms with Gasteiger partial charge in [0.15, 0.2) is 0 Å². The maximum Gasteiger partial charge on any atom is 0.338 e. The van der Waals surface area contributed by atoms with Gasteiger partial charge >= 0.3 is 23.9 Å². The predicted octanol–water partition coefficient (Wildman–Crippen LogP) is 4.36. The molecule has 2 unspecified atom stereocenters. The van der Waals surface area contributed by atoms with E-state index in [4.69, 9.17) is 18.9 Å². The van der Waals surface area contributed by atoms with Crippen molar-refractivity contribution in [2.45, 2.75) is 39.5 Å². The predicted molar refractivity (Wildman–Crippen MR) is 122 cm³/mol. The molecule has 0 aromatic heterocycles. The monoisotopic (exact) mass is 468 g/mol. The van der Waals surface area contributed by atoms with Gasteiger partial charge in [0, 0.05) is 0 Å². The Labute approximate surface area is 198 Å². The molecule has 0 N–H and O–H groups in total. The van der Waals surface area contributed by atoms with Crippen LogP contribution in [-0.2, 0) is 19.1 Å². The van der Waals surface area contributed by atoms with Crippen LogP contribution in [0.1, 0.15) is 60.2 Å². The van der Waals surface area contributed by atoms with E-state index in [2.05, 4.69) is 0 Å². The second kappa shape index (κ2) is 12.0. The second-order valence-corrected chi connectivity index (χ2v) is 7.89. The van der Waals surface area contributed by atoms with Crippen molar-refractivity contribution in [1.29, 1.82) is 0 Å². The first-order valence-electron chi connectivity index (χ1n) is 11.4. The molecule has 34 heavy (non-hydrogen) atoms. The summed E-state index contributed by atoms with van der Waals surface area (Å²) in [6.45, 7) is 4.01. The van der Waals surface area contributed by atoms with Crippen molar-refractivity contribution in [2.24, 2.45) is 11.8 Å². The highest BCUT2D eigenvalue weighted by Crippen LogP contribution is 2.32. The number of esters is 4. The normalized spacial score (nSPS) is 17.4. The molecule has 0 heterocycles. The molecule has 0 bridgehead atoms. The molecule has 1 aliphatic carbocycles. The average Bonchev–Trinajstić information content (AvgIpc) is 2.85. The van der Waals surface area contributed by atoms with Crippen LogP contribution in [-0.4, -0.2) is 37.1 Å². The van der Waals surface area contributed by atoms with Crippen LogP contribution in [0.2, 0.25) is 0 Å². The van der Waals surface area contributed by atoms with Crippen molar-refractivity contribution < 1.29 is 38.1 Å². The van der Waals surface area contributed by atoms with Gasteiger partial charge in [0.2, 0.25) is 0 Å². The van der Waals surface area contributed by atoms with Crippen molar-refractivity contribution in [2.75, 3.05) is 13.2 Å². The minimum absolute atomic E-state index is 0.278. The molecular formula is C26H28O8. The summed E-state index contributed by atoms with van der Waals surface area (Å²) in [4.78, 5) is 48.8. The smallest absolute Gasteiger partial charge is 0.338 e. The molecule has 8 heteroatoms. The van der Waals surface area contributed by atoms with Crippen molar-refractivity contribution in [3.8, 4) is 11.5 Å². The highest BCUT2D eigenvalue weighted by Gasteiger charge is 2.33. The van der Waals surface area contributed by atoms with E-state index in [9.17, 15) is 19.2 Å². The molecule has 2 atom stereocenters. The van der Waals surface area contributed by atoms with E-state index in [0.717, 1.165) is 0 Å².